The Morgan fingerprint density at radius 2 is 1.44 bits per heavy atom. The summed E-state index contributed by atoms with van der Waals surface area (Å²) in [6.45, 7) is 7.53. The molecule has 142 valence electrons. The maximum atomic E-state index is 10.8. The molecule has 0 amide bonds. The maximum absolute atomic E-state index is 10.8. The average molecular weight is 391 g/mol. The standard InChI is InChI=1S/C8H4O3.C4H10O.C3H5Cl.C2H8O2Si/c9-7-5-3-1-2-4-6(5)8(10)11-7;1-3-5-4-2;1-2-3-4;1-3-5-4-2/h1-4H;3-4H2,1-2H3;2-3H,1H3;5H2,1-2H3. The van der Waals surface area contributed by atoms with E-state index in [-0.39, 0.29) is 0 Å². The van der Waals surface area contributed by atoms with Gasteiger partial charge in [-0.25, -0.2) is 9.59 Å². The summed E-state index contributed by atoms with van der Waals surface area (Å²) < 4.78 is 18.4. The first kappa shape index (κ1) is 25.7. The van der Waals surface area contributed by atoms with E-state index >= 15 is 0 Å². The van der Waals surface area contributed by atoms with Crippen LogP contribution in [0.25, 0.3) is 0 Å². The number of hydrogen-bond donors (Lipinski definition) is 0. The van der Waals surface area contributed by atoms with Crippen LogP contribution in [0.3, 0.4) is 0 Å². The van der Waals surface area contributed by atoms with Crippen molar-refractivity contribution in [1.29, 1.82) is 0 Å². The van der Waals surface area contributed by atoms with E-state index < -0.39 is 21.9 Å². The second-order valence-corrected chi connectivity index (χ2v) is 5.80. The topological polar surface area (TPSA) is 71.1 Å². The zero-order valence-corrected chi connectivity index (χ0v) is 17.6. The van der Waals surface area contributed by atoms with E-state index in [0.717, 1.165) is 13.2 Å². The number of benzene rings is 1. The Labute approximate surface area is 157 Å². The van der Waals surface area contributed by atoms with Crippen molar-refractivity contribution in [3.8, 4) is 0 Å². The fraction of sp³-hybridized carbons (Fsp3) is 0.412. The van der Waals surface area contributed by atoms with E-state index in [4.69, 9.17) is 16.3 Å². The van der Waals surface area contributed by atoms with E-state index in [1.807, 2.05) is 20.8 Å². The van der Waals surface area contributed by atoms with Crippen LogP contribution in [0.1, 0.15) is 41.5 Å². The molecule has 0 N–H and O–H groups in total. The summed E-state index contributed by atoms with van der Waals surface area (Å²) in [7, 11) is 2.73. The van der Waals surface area contributed by atoms with E-state index in [9.17, 15) is 9.59 Å². The van der Waals surface area contributed by atoms with Crippen LogP contribution in [-0.4, -0.2) is 49.4 Å². The summed E-state index contributed by atoms with van der Waals surface area (Å²) in [6.07, 6.45) is 1.77. The van der Waals surface area contributed by atoms with Gasteiger partial charge in [0.25, 0.3) is 0 Å². The van der Waals surface area contributed by atoms with Crippen molar-refractivity contribution >= 4 is 33.5 Å². The molecular weight excluding hydrogens is 364 g/mol. The van der Waals surface area contributed by atoms with E-state index in [1.54, 1.807) is 44.6 Å². The smallest absolute Gasteiger partial charge is 0.346 e. The van der Waals surface area contributed by atoms with Gasteiger partial charge in [-0.3, -0.25) is 0 Å². The lowest BCUT2D eigenvalue weighted by atomic mass is 10.1. The van der Waals surface area contributed by atoms with Crippen LogP contribution in [-0.2, 0) is 18.3 Å². The van der Waals surface area contributed by atoms with Gasteiger partial charge in [0.15, 0.2) is 0 Å². The molecule has 6 nitrogen and oxygen atoms in total. The number of esters is 2. The lowest BCUT2D eigenvalue weighted by molar-refractivity contribution is 0.0443. The van der Waals surface area contributed by atoms with E-state index in [0.29, 0.717) is 11.1 Å². The van der Waals surface area contributed by atoms with Gasteiger partial charge in [0, 0.05) is 27.4 Å². The molecule has 0 saturated carbocycles. The largest absolute Gasteiger partial charge is 0.402 e. The predicted octanol–water partition coefficient (Wildman–Crippen LogP) is 3.08. The third-order valence-corrected chi connectivity index (χ3v) is 3.05. The van der Waals surface area contributed by atoms with Gasteiger partial charge in [-0.1, -0.05) is 29.8 Å². The zero-order chi connectivity index (χ0) is 19.5. The third-order valence-electron chi connectivity index (χ3n) is 2.32. The lowest BCUT2D eigenvalue weighted by Gasteiger charge is -1.86. The van der Waals surface area contributed by atoms with E-state index in [1.165, 1.54) is 5.54 Å². The van der Waals surface area contributed by atoms with Gasteiger partial charge in [-0.15, -0.1) is 0 Å². The van der Waals surface area contributed by atoms with Gasteiger partial charge >= 0.3 is 21.9 Å². The molecule has 0 aliphatic carbocycles. The van der Waals surface area contributed by atoms with Crippen molar-refractivity contribution in [2.24, 2.45) is 0 Å². The molecule has 8 heteroatoms. The van der Waals surface area contributed by atoms with Gasteiger partial charge in [0.1, 0.15) is 0 Å². The quantitative estimate of drug-likeness (QED) is 0.447. The number of cyclic esters (lactones) is 2. The second-order valence-electron chi connectivity index (χ2n) is 4.16. The van der Waals surface area contributed by atoms with Gasteiger partial charge < -0.3 is 18.3 Å². The van der Waals surface area contributed by atoms with Crippen LogP contribution in [0.15, 0.2) is 35.9 Å². The highest BCUT2D eigenvalue weighted by molar-refractivity contribution is 6.25. The van der Waals surface area contributed by atoms with Crippen LogP contribution in [0.5, 0.6) is 0 Å². The molecule has 0 fully saturated rings. The fourth-order valence-corrected chi connectivity index (χ4v) is 1.59. The number of hydrogen-bond acceptors (Lipinski definition) is 6. The summed E-state index contributed by atoms with van der Waals surface area (Å²) in [5, 5.41) is 0. The normalized spacial score (nSPS) is 11.3. The molecule has 1 aliphatic heterocycles. The van der Waals surface area contributed by atoms with Crippen LogP contribution >= 0.6 is 11.6 Å². The maximum Gasteiger partial charge on any atom is 0.346 e. The fourth-order valence-electron chi connectivity index (χ4n) is 1.36. The van der Waals surface area contributed by atoms with Crippen molar-refractivity contribution in [3.05, 3.63) is 47.0 Å². The molecule has 1 heterocycles. The van der Waals surface area contributed by atoms with E-state index in [2.05, 4.69) is 13.6 Å². The minimum atomic E-state index is -0.568. The summed E-state index contributed by atoms with van der Waals surface area (Å²) in [5.41, 5.74) is 2.19. The number of allylic oxidation sites excluding steroid dienone is 1. The molecule has 1 aromatic rings. The molecule has 1 aliphatic rings. The number of rotatable bonds is 4. The molecule has 0 unspecified atom stereocenters. The summed E-state index contributed by atoms with van der Waals surface area (Å²) in [5.74, 6) is -1.10. The molecule has 1 aromatic carbocycles. The summed E-state index contributed by atoms with van der Waals surface area (Å²) in [4.78, 5) is 21.7. The number of carbonyl (C=O) groups is 2. The SMILES string of the molecule is CC=CCl.CCOCC.CO[SiH2]OC.O=C1OC(=O)c2ccccc21. The minimum absolute atomic E-state index is 0.359. The average Bonchev–Trinajstić information content (AvgIpc) is 2.92. The van der Waals surface area contributed by atoms with Gasteiger partial charge in [-0.05, 0) is 38.4 Å². The highest BCUT2D eigenvalue weighted by atomic mass is 35.5. The van der Waals surface area contributed by atoms with Crippen LogP contribution in [0, 0.1) is 0 Å². The molecule has 0 atom stereocenters. The highest BCUT2D eigenvalue weighted by Gasteiger charge is 2.28. The van der Waals surface area contributed by atoms with Gasteiger partial charge in [0.2, 0.25) is 0 Å². The molecule has 25 heavy (non-hydrogen) atoms. The lowest BCUT2D eigenvalue weighted by Crippen LogP contribution is -1.96. The molecule has 2 rings (SSSR count). The van der Waals surface area contributed by atoms with Crippen molar-refractivity contribution in [2.45, 2.75) is 20.8 Å². The van der Waals surface area contributed by atoms with Gasteiger partial charge in [-0.2, -0.15) is 0 Å². The molecule has 0 radical (unpaired) electrons. The van der Waals surface area contributed by atoms with Crippen molar-refractivity contribution in [2.75, 3.05) is 27.4 Å². The number of carbonyl (C=O) groups excluding carboxylic acids is 2. The predicted molar refractivity (Wildman–Crippen MR) is 102 cm³/mol. The Kier molecular flexibility index (Phi) is 19.4. The summed E-state index contributed by atoms with van der Waals surface area (Å²) >= 11 is 5.01. The number of fused-ring (bicyclic) bond motifs is 1. The molecule has 0 bridgehead atoms. The Balaban J connectivity index is 0. The zero-order valence-electron chi connectivity index (χ0n) is 15.4. The first-order valence-electron chi connectivity index (χ1n) is 7.66. The Bertz CT molecular complexity index is 461. The van der Waals surface area contributed by atoms with Gasteiger partial charge in [0.05, 0.1) is 11.1 Å². The van der Waals surface area contributed by atoms with Crippen LogP contribution < -0.4 is 0 Å². The minimum Gasteiger partial charge on any atom is -0.402 e. The first-order valence-corrected chi connectivity index (χ1v) is 9.25. The third kappa shape index (κ3) is 13.5. The Hall–Kier alpha value is -1.51. The molecule has 0 aromatic heterocycles. The van der Waals surface area contributed by atoms with Crippen molar-refractivity contribution in [1.82, 2.24) is 0 Å². The Morgan fingerprint density at radius 3 is 1.64 bits per heavy atom. The Morgan fingerprint density at radius 1 is 1.04 bits per heavy atom. The van der Waals surface area contributed by atoms with Crippen LogP contribution in [0.2, 0.25) is 0 Å². The molecule has 0 saturated heterocycles. The molecular formula is C17H27ClO6Si. The number of ether oxygens (including phenoxy) is 2. The summed E-state index contributed by atoms with van der Waals surface area (Å²) in [6, 6.07) is 6.53. The monoisotopic (exact) mass is 390 g/mol. The number of halogens is 1. The molecule has 0 spiro atoms. The van der Waals surface area contributed by atoms with Crippen molar-refractivity contribution < 1.29 is 27.9 Å². The first-order chi connectivity index (χ1) is 12.0. The van der Waals surface area contributed by atoms with Crippen molar-refractivity contribution in [3.63, 3.8) is 0 Å². The highest BCUT2D eigenvalue weighted by Crippen LogP contribution is 2.18. The second kappa shape index (κ2) is 18.8. The van der Waals surface area contributed by atoms with Crippen LogP contribution in [0.4, 0.5) is 0 Å².